The molecule has 1 fully saturated rings. The molecule has 176 valence electrons. The second-order valence-electron chi connectivity index (χ2n) is 9.68. The topological polar surface area (TPSA) is 77.8 Å². The lowest BCUT2D eigenvalue weighted by Gasteiger charge is -2.42. The number of nitrogens with zero attached hydrogens (tertiary/aromatic N) is 3. The number of piperidine rings is 1. The molecule has 2 aromatic rings. The number of aromatic nitrogens is 1. The van der Waals surface area contributed by atoms with Crippen LogP contribution in [-0.2, 0) is 4.79 Å². The standard InChI is InChI=1S/C24H36N4O3S/c1-16(2)17(3)28-20(12-18-9-11-32-23(18)28)22(31)26(6)14-21(30)25-19-8-7-10-27(13-19)24(4,5)15-29/h9,11-12,16,19,29H,3,7-8,10,13-15H2,1-2,4-6H3,(H,25,30)/t19-/m1/s1. The molecule has 8 heteroatoms. The van der Waals surface area contributed by atoms with Crippen molar-refractivity contribution in [2.45, 2.75) is 52.1 Å². The largest absolute Gasteiger partial charge is 0.394 e. The van der Waals surface area contributed by atoms with E-state index < -0.39 is 0 Å². The fourth-order valence-corrected chi connectivity index (χ4v) is 5.05. The molecule has 7 nitrogen and oxygen atoms in total. The molecule has 1 saturated heterocycles. The van der Waals surface area contributed by atoms with Crippen LogP contribution in [-0.4, -0.2) is 76.2 Å². The molecule has 0 saturated carbocycles. The van der Waals surface area contributed by atoms with Crippen LogP contribution < -0.4 is 5.32 Å². The number of nitrogens with one attached hydrogen (secondary N) is 1. The molecule has 2 amide bonds. The van der Waals surface area contributed by atoms with Gasteiger partial charge in [0.25, 0.3) is 5.91 Å². The van der Waals surface area contributed by atoms with Crippen LogP contribution in [0.2, 0.25) is 0 Å². The van der Waals surface area contributed by atoms with Gasteiger partial charge < -0.3 is 19.9 Å². The normalized spacial score (nSPS) is 17.7. The van der Waals surface area contributed by atoms with E-state index in [1.54, 1.807) is 18.4 Å². The monoisotopic (exact) mass is 460 g/mol. The van der Waals surface area contributed by atoms with Gasteiger partial charge in [0.1, 0.15) is 10.5 Å². The van der Waals surface area contributed by atoms with Gasteiger partial charge in [0.2, 0.25) is 5.91 Å². The maximum absolute atomic E-state index is 13.3. The number of thiophene rings is 1. The van der Waals surface area contributed by atoms with Gasteiger partial charge in [-0.1, -0.05) is 20.4 Å². The number of hydrogen-bond acceptors (Lipinski definition) is 5. The lowest BCUT2D eigenvalue weighted by atomic mass is 9.97. The van der Waals surface area contributed by atoms with Crippen molar-refractivity contribution in [3.05, 3.63) is 29.8 Å². The van der Waals surface area contributed by atoms with Crippen molar-refractivity contribution in [3.8, 4) is 0 Å². The van der Waals surface area contributed by atoms with E-state index in [0.717, 1.165) is 35.3 Å². The minimum Gasteiger partial charge on any atom is -0.394 e. The van der Waals surface area contributed by atoms with Crippen molar-refractivity contribution in [2.24, 2.45) is 5.92 Å². The minimum absolute atomic E-state index is 0.00822. The molecule has 3 heterocycles. The van der Waals surface area contributed by atoms with Crippen molar-refractivity contribution in [1.82, 2.24) is 19.7 Å². The first-order chi connectivity index (χ1) is 15.0. The summed E-state index contributed by atoms with van der Waals surface area (Å²) in [6, 6.07) is 3.89. The van der Waals surface area contributed by atoms with Gasteiger partial charge >= 0.3 is 0 Å². The van der Waals surface area contributed by atoms with Gasteiger partial charge in [0, 0.05) is 36.3 Å². The van der Waals surface area contributed by atoms with Crippen molar-refractivity contribution >= 4 is 39.1 Å². The van der Waals surface area contributed by atoms with E-state index in [-0.39, 0.29) is 42.5 Å². The molecule has 2 aromatic heterocycles. The summed E-state index contributed by atoms with van der Waals surface area (Å²) in [4.78, 5) is 30.7. The number of carbonyl (C=O) groups is 2. The Labute approximate surface area is 194 Å². The van der Waals surface area contributed by atoms with E-state index in [4.69, 9.17) is 0 Å². The van der Waals surface area contributed by atoms with E-state index in [2.05, 4.69) is 30.6 Å². The maximum Gasteiger partial charge on any atom is 0.271 e. The first kappa shape index (κ1) is 24.5. The van der Waals surface area contributed by atoms with Crippen molar-refractivity contribution in [1.29, 1.82) is 0 Å². The Morgan fingerprint density at radius 3 is 2.78 bits per heavy atom. The molecule has 3 rings (SSSR count). The van der Waals surface area contributed by atoms with Crippen LogP contribution in [0.3, 0.4) is 0 Å². The molecule has 1 atom stereocenters. The molecule has 0 unspecified atom stereocenters. The highest BCUT2D eigenvalue weighted by atomic mass is 32.1. The average molecular weight is 461 g/mol. The third-order valence-electron chi connectivity index (χ3n) is 6.34. The summed E-state index contributed by atoms with van der Waals surface area (Å²) >= 11 is 1.58. The van der Waals surface area contributed by atoms with Crippen LogP contribution in [0, 0.1) is 5.92 Å². The van der Waals surface area contributed by atoms with Crippen LogP contribution in [0.4, 0.5) is 0 Å². The quantitative estimate of drug-likeness (QED) is 0.634. The molecule has 0 radical (unpaired) electrons. The summed E-state index contributed by atoms with van der Waals surface area (Å²) in [7, 11) is 1.66. The third-order valence-corrected chi connectivity index (χ3v) is 7.25. The summed E-state index contributed by atoms with van der Waals surface area (Å²) in [6.07, 6.45) is 1.86. The highest BCUT2D eigenvalue weighted by Crippen LogP contribution is 2.31. The van der Waals surface area contributed by atoms with Crippen LogP contribution >= 0.6 is 11.3 Å². The summed E-state index contributed by atoms with van der Waals surface area (Å²) in [6.45, 7) is 14.0. The number of fused-ring (bicyclic) bond motifs is 1. The summed E-state index contributed by atoms with van der Waals surface area (Å²) in [5.41, 5.74) is 1.08. The maximum atomic E-state index is 13.3. The van der Waals surface area contributed by atoms with E-state index in [0.29, 0.717) is 12.2 Å². The number of likely N-dealkylation sites (N-methyl/N-ethyl adjacent to an activating group) is 1. The first-order valence-corrected chi connectivity index (χ1v) is 12.1. The Balaban J connectivity index is 1.67. The Hall–Kier alpha value is -2.16. The van der Waals surface area contributed by atoms with Crippen molar-refractivity contribution < 1.29 is 14.7 Å². The molecule has 1 aliphatic rings. The summed E-state index contributed by atoms with van der Waals surface area (Å²) in [5, 5.41) is 15.7. The number of aliphatic hydroxyl groups is 1. The zero-order valence-corrected chi connectivity index (χ0v) is 20.7. The molecule has 32 heavy (non-hydrogen) atoms. The lowest BCUT2D eigenvalue weighted by Crippen LogP contribution is -2.57. The second-order valence-corrected chi connectivity index (χ2v) is 10.6. The van der Waals surface area contributed by atoms with Gasteiger partial charge in [-0.25, -0.2) is 0 Å². The number of allylic oxidation sites excluding steroid dienone is 1. The number of amides is 2. The molecular weight excluding hydrogens is 424 g/mol. The fraction of sp³-hybridized carbons (Fsp3) is 0.583. The summed E-state index contributed by atoms with van der Waals surface area (Å²) < 4.78 is 1.93. The van der Waals surface area contributed by atoms with E-state index in [1.165, 1.54) is 4.90 Å². The van der Waals surface area contributed by atoms with Gasteiger partial charge in [0.05, 0.1) is 13.2 Å². The number of likely N-dealkylation sites (tertiary alicyclic amines) is 1. The van der Waals surface area contributed by atoms with Crippen LogP contribution in [0.1, 0.15) is 51.0 Å². The van der Waals surface area contributed by atoms with Crippen LogP contribution in [0.5, 0.6) is 0 Å². The third kappa shape index (κ3) is 5.08. The molecule has 0 aliphatic carbocycles. The Morgan fingerprint density at radius 2 is 2.12 bits per heavy atom. The highest BCUT2D eigenvalue weighted by molar-refractivity contribution is 7.16. The predicted octanol–water partition coefficient (Wildman–Crippen LogP) is 3.25. The van der Waals surface area contributed by atoms with Crippen LogP contribution in [0.15, 0.2) is 24.1 Å². The van der Waals surface area contributed by atoms with E-state index in [1.807, 2.05) is 35.9 Å². The van der Waals surface area contributed by atoms with Crippen molar-refractivity contribution in [2.75, 3.05) is 33.3 Å². The molecule has 1 aliphatic heterocycles. The smallest absolute Gasteiger partial charge is 0.271 e. The summed E-state index contributed by atoms with van der Waals surface area (Å²) in [5.74, 6) is -0.181. The number of hydrogen-bond donors (Lipinski definition) is 2. The Morgan fingerprint density at radius 1 is 1.41 bits per heavy atom. The minimum atomic E-state index is -0.312. The Bertz CT molecular complexity index is 991. The number of aliphatic hydroxyl groups excluding tert-OH is 1. The van der Waals surface area contributed by atoms with Gasteiger partial charge in [0.15, 0.2) is 0 Å². The van der Waals surface area contributed by atoms with Gasteiger partial charge in [-0.2, -0.15) is 0 Å². The molecule has 0 aromatic carbocycles. The lowest BCUT2D eigenvalue weighted by molar-refractivity contribution is -0.122. The number of carbonyl (C=O) groups excluding carboxylic acids is 2. The zero-order chi connectivity index (χ0) is 23.6. The Kier molecular flexibility index (Phi) is 7.47. The molecule has 2 N–H and O–H groups in total. The average Bonchev–Trinajstić information content (AvgIpc) is 3.33. The fourth-order valence-electron chi connectivity index (χ4n) is 4.13. The number of rotatable bonds is 8. The van der Waals surface area contributed by atoms with Crippen LogP contribution in [0.25, 0.3) is 15.9 Å². The molecular formula is C24H36N4O3S. The highest BCUT2D eigenvalue weighted by Gasteiger charge is 2.32. The predicted molar refractivity (Wildman–Crippen MR) is 131 cm³/mol. The SMILES string of the molecule is C=C(C(C)C)n1c(C(=O)N(C)CC(=O)N[C@@H]2CCCN(C(C)(C)CO)C2)cc2ccsc21. The molecule has 0 spiro atoms. The van der Waals surface area contributed by atoms with E-state index in [9.17, 15) is 14.7 Å². The van der Waals surface area contributed by atoms with Gasteiger partial charge in [-0.3, -0.25) is 14.5 Å². The first-order valence-electron chi connectivity index (χ1n) is 11.2. The zero-order valence-electron chi connectivity index (χ0n) is 19.9. The van der Waals surface area contributed by atoms with Gasteiger partial charge in [-0.05, 0) is 56.7 Å². The van der Waals surface area contributed by atoms with E-state index >= 15 is 0 Å². The molecule has 0 bridgehead atoms. The van der Waals surface area contributed by atoms with Gasteiger partial charge in [-0.15, -0.1) is 11.3 Å². The van der Waals surface area contributed by atoms with Crippen molar-refractivity contribution in [3.63, 3.8) is 0 Å². The second kappa shape index (κ2) is 9.77.